The van der Waals surface area contributed by atoms with E-state index in [4.69, 9.17) is 10.8 Å². The molecule has 0 bridgehead atoms. The molecule has 0 aromatic carbocycles. The molecule has 0 saturated carbocycles. The van der Waals surface area contributed by atoms with Crippen molar-refractivity contribution in [1.29, 1.82) is 0 Å². The second-order valence-electron chi connectivity index (χ2n) is 3.37. The van der Waals surface area contributed by atoms with Gasteiger partial charge in [0.1, 0.15) is 5.69 Å². The van der Waals surface area contributed by atoms with Crippen molar-refractivity contribution >= 4 is 11.8 Å². The average Bonchev–Trinajstić information content (AvgIpc) is 2.35. The number of hydrogen-bond acceptors (Lipinski definition) is 4. The van der Waals surface area contributed by atoms with Crippen molar-refractivity contribution in [3.05, 3.63) is 29.6 Å². The maximum atomic E-state index is 12.0. The minimum absolute atomic E-state index is 0.0234. The normalized spacial score (nSPS) is 10.0. The fourth-order valence-electron chi connectivity index (χ4n) is 1.45. The number of pyridine rings is 1. The van der Waals surface area contributed by atoms with Crippen LogP contribution in [0.5, 0.6) is 0 Å². The molecule has 3 N–H and O–H groups in total. The first kappa shape index (κ1) is 13.1. The zero-order valence-electron chi connectivity index (χ0n) is 9.59. The molecule has 1 aromatic heterocycles. The summed E-state index contributed by atoms with van der Waals surface area (Å²) in [6, 6.07) is 2.99. The van der Waals surface area contributed by atoms with Crippen LogP contribution in [0.4, 0.5) is 0 Å². The van der Waals surface area contributed by atoms with E-state index in [0.29, 0.717) is 6.54 Å². The van der Waals surface area contributed by atoms with Crippen molar-refractivity contribution in [1.82, 2.24) is 9.88 Å². The maximum Gasteiger partial charge on any atom is 0.273 e. The van der Waals surface area contributed by atoms with E-state index in [2.05, 4.69) is 4.98 Å². The first-order valence-corrected chi connectivity index (χ1v) is 5.26. The highest BCUT2D eigenvalue weighted by molar-refractivity contribution is 6.05. The molecule has 1 rings (SSSR count). The van der Waals surface area contributed by atoms with Crippen LogP contribution < -0.4 is 5.73 Å². The number of nitrogens with two attached hydrogens (primary N) is 1. The Bertz CT molecular complexity index is 420. The molecule has 0 unspecified atom stereocenters. The van der Waals surface area contributed by atoms with Crippen LogP contribution in [0, 0.1) is 0 Å². The van der Waals surface area contributed by atoms with Crippen LogP contribution in [0.3, 0.4) is 0 Å². The lowest BCUT2D eigenvalue weighted by molar-refractivity contribution is 0.0721. The second-order valence-corrected chi connectivity index (χ2v) is 3.37. The summed E-state index contributed by atoms with van der Waals surface area (Å²) in [7, 11) is 0. The molecule has 0 atom stereocenters. The first-order chi connectivity index (χ1) is 8.11. The minimum Gasteiger partial charge on any atom is -0.395 e. The fraction of sp³-hybridized carbons (Fsp3) is 0.364. The number of aliphatic hydroxyl groups excluding tert-OH is 1. The molecule has 6 nitrogen and oxygen atoms in total. The topological polar surface area (TPSA) is 96.5 Å². The SMILES string of the molecule is CCN(CCO)C(=O)c1ncccc1C(N)=O. The standard InChI is InChI=1S/C11H15N3O3/c1-2-14(6-7-15)11(17)9-8(10(12)16)4-3-5-13-9/h3-5,15H,2,6-7H2,1H3,(H2,12,16). The Labute approximate surface area is 99.1 Å². The van der Waals surface area contributed by atoms with Gasteiger partial charge < -0.3 is 15.7 Å². The van der Waals surface area contributed by atoms with Gasteiger partial charge in [-0.05, 0) is 19.1 Å². The van der Waals surface area contributed by atoms with Crippen molar-refractivity contribution in [2.24, 2.45) is 5.73 Å². The van der Waals surface area contributed by atoms with Crippen LogP contribution >= 0.6 is 0 Å². The Hall–Kier alpha value is -1.95. The number of primary amides is 1. The van der Waals surface area contributed by atoms with E-state index in [1.807, 2.05) is 0 Å². The molecule has 0 aliphatic carbocycles. The number of carbonyl (C=O) groups excluding carboxylic acids is 2. The van der Waals surface area contributed by atoms with Gasteiger partial charge in [-0.15, -0.1) is 0 Å². The van der Waals surface area contributed by atoms with Crippen LogP contribution in [0.25, 0.3) is 0 Å². The molecular weight excluding hydrogens is 222 g/mol. The molecule has 0 saturated heterocycles. The van der Waals surface area contributed by atoms with Gasteiger partial charge in [-0.25, -0.2) is 0 Å². The monoisotopic (exact) mass is 237 g/mol. The van der Waals surface area contributed by atoms with E-state index < -0.39 is 11.8 Å². The van der Waals surface area contributed by atoms with Gasteiger partial charge in [0.05, 0.1) is 12.2 Å². The highest BCUT2D eigenvalue weighted by Gasteiger charge is 2.20. The van der Waals surface area contributed by atoms with E-state index in [1.54, 1.807) is 13.0 Å². The van der Waals surface area contributed by atoms with E-state index >= 15 is 0 Å². The summed E-state index contributed by atoms with van der Waals surface area (Å²) < 4.78 is 0. The number of hydrogen-bond donors (Lipinski definition) is 2. The Balaban J connectivity index is 3.06. The smallest absolute Gasteiger partial charge is 0.273 e. The molecule has 0 spiro atoms. The van der Waals surface area contributed by atoms with Crippen LogP contribution in [0.1, 0.15) is 27.8 Å². The maximum absolute atomic E-state index is 12.0. The Morgan fingerprint density at radius 3 is 2.76 bits per heavy atom. The van der Waals surface area contributed by atoms with Gasteiger partial charge in [0.15, 0.2) is 0 Å². The van der Waals surface area contributed by atoms with Crippen molar-refractivity contribution in [2.45, 2.75) is 6.92 Å². The molecule has 1 aromatic rings. The van der Waals surface area contributed by atoms with Gasteiger partial charge in [-0.1, -0.05) is 0 Å². The highest BCUT2D eigenvalue weighted by atomic mass is 16.3. The van der Waals surface area contributed by atoms with Crippen LogP contribution in [-0.4, -0.2) is 46.5 Å². The van der Waals surface area contributed by atoms with Gasteiger partial charge in [-0.3, -0.25) is 14.6 Å². The number of nitrogens with zero attached hydrogens (tertiary/aromatic N) is 2. The van der Waals surface area contributed by atoms with Gasteiger partial charge in [0, 0.05) is 19.3 Å². The zero-order valence-corrected chi connectivity index (χ0v) is 9.59. The van der Waals surface area contributed by atoms with E-state index in [0.717, 1.165) is 0 Å². The lowest BCUT2D eigenvalue weighted by Crippen LogP contribution is -2.35. The molecule has 0 aliphatic rings. The zero-order chi connectivity index (χ0) is 12.8. The Morgan fingerprint density at radius 1 is 1.53 bits per heavy atom. The molecule has 92 valence electrons. The number of aromatic nitrogens is 1. The lowest BCUT2D eigenvalue weighted by atomic mass is 10.1. The third kappa shape index (κ3) is 3.01. The van der Waals surface area contributed by atoms with E-state index in [9.17, 15) is 9.59 Å². The summed E-state index contributed by atoms with van der Waals surface area (Å²) in [5.74, 6) is -1.10. The first-order valence-electron chi connectivity index (χ1n) is 5.26. The van der Waals surface area contributed by atoms with Crippen LogP contribution in [-0.2, 0) is 0 Å². The van der Waals surface area contributed by atoms with E-state index in [-0.39, 0.29) is 24.4 Å². The number of aliphatic hydroxyl groups is 1. The minimum atomic E-state index is -0.693. The molecule has 2 amide bonds. The molecular formula is C11H15N3O3. The molecule has 6 heteroatoms. The van der Waals surface area contributed by atoms with Gasteiger partial charge >= 0.3 is 0 Å². The number of amides is 2. The summed E-state index contributed by atoms with van der Waals surface area (Å²) in [5, 5.41) is 8.84. The summed E-state index contributed by atoms with van der Waals surface area (Å²) in [5.41, 5.74) is 5.28. The summed E-state index contributed by atoms with van der Waals surface area (Å²) in [4.78, 5) is 28.5. The number of carbonyl (C=O) groups is 2. The quantitative estimate of drug-likeness (QED) is 0.730. The molecule has 0 radical (unpaired) electrons. The van der Waals surface area contributed by atoms with Crippen molar-refractivity contribution < 1.29 is 14.7 Å². The second kappa shape index (κ2) is 5.95. The third-order valence-electron chi connectivity index (χ3n) is 2.31. The van der Waals surface area contributed by atoms with Crippen molar-refractivity contribution in [3.8, 4) is 0 Å². The predicted octanol–water partition coefficient (Wildman–Crippen LogP) is -0.365. The summed E-state index contributed by atoms with van der Waals surface area (Å²) in [6.07, 6.45) is 1.42. The van der Waals surface area contributed by atoms with Crippen molar-refractivity contribution in [3.63, 3.8) is 0 Å². The average molecular weight is 237 g/mol. The lowest BCUT2D eigenvalue weighted by Gasteiger charge is -2.19. The molecule has 17 heavy (non-hydrogen) atoms. The molecule has 1 heterocycles. The van der Waals surface area contributed by atoms with Gasteiger partial charge in [0.25, 0.3) is 11.8 Å². The van der Waals surface area contributed by atoms with Gasteiger partial charge in [0.2, 0.25) is 0 Å². The summed E-state index contributed by atoms with van der Waals surface area (Å²) in [6.45, 7) is 2.26. The van der Waals surface area contributed by atoms with Crippen molar-refractivity contribution in [2.75, 3.05) is 19.7 Å². The van der Waals surface area contributed by atoms with Crippen LogP contribution in [0.2, 0.25) is 0 Å². The predicted molar refractivity (Wildman–Crippen MR) is 61.4 cm³/mol. The van der Waals surface area contributed by atoms with E-state index in [1.165, 1.54) is 17.2 Å². The van der Waals surface area contributed by atoms with Crippen LogP contribution in [0.15, 0.2) is 18.3 Å². The largest absolute Gasteiger partial charge is 0.395 e. The summed E-state index contributed by atoms with van der Waals surface area (Å²) >= 11 is 0. The third-order valence-corrected chi connectivity index (χ3v) is 2.31. The van der Waals surface area contributed by atoms with Gasteiger partial charge in [-0.2, -0.15) is 0 Å². The Morgan fingerprint density at radius 2 is 2.24 bits per heavy atom. The molecule has 0 fully saturated rings. The number of rotatable bonds is 5. The Kier molecular flexibility index (Phi) is 4.59. The number of likely N-dealkylation sites (N-methyl/N-ethyl adjacent to an activating group) is 1. The highest BCUT2D eigenvalue weighted by Crippen LogP contribution is 2.08. The fourth-order valence-corrected chi connectivity index (χ4v) is 1.45. The molecule has 0 aliphatic heterocycles.